The van der Waals surface area contributed by atoms with Gasteiger partial charge < -0.3 is 4.74 Å². The fourth-order valence-electron chi connectivity index (χ4n) is 1.01. The van der Waals surface area contributed by atoms with E-state index in [1.165, 1.54) is 3.57 Å². The Morgan fingerprint density at radius 2 is 1.71 bits per heavy atom. The van der Waals surface area contributed by atoms with Gasteiger partial charge >= 0.3 is 0 Å². The van der Waals surface area contributed by atoms with E-state index in [0.717, 1.165) is 18.8 Å². The van der Waals surface area contributed by atoms with E-state index in [1.54, 1.807) is 0 Å². The van der Waals surface area contributed by atoms with Crippen LogP contribution in [0.3, 0.4) is 0 Å². The summed E-state index contributed by atoms with van der Waals surface area (Å²) in [5.74, 6) is 0.967. The van der Waals surface area contributed by atoms with E-state index in [4.69, 9.17) is 4.74 Å². The van der Waals surface area contributed by atoms with Gasteiger partial charge in [-0.2, -0.15) is 0 Å². The predicted octanol–water partition coefficient (Wildman–Crippen LogP) is 4.11. The van der Waals surface area contributed by atoms with Crippen molar-refractivity contribution in [3.8, 4) is 5.75 Å². The molecule has 0 spiro atoms. The average molecular weight is 304 g/mol. The number of benzene rings is 1. The molecule has 1 aromatic rings. The van der Waals surface area contributed by atoms with Crippen molar-refractivity contribution in [2.24, 2.45) is 5.41 Å². The van der Waals surface area contributed by atoms with Crippen molar-refractivity contribution in [3.63, 3.8) is 0 Å². The molecule has 1 nitrogen and oxygen atoms in total. The topological polar surface area (TPSA) is 9.23 Å². The summed E-state index contributed by atoms with van der Waals surface area (Å²) >= 11 is 2.29. The van der Waals surface area contributed by atoms with Crippen LogP contribution in [0.5, 0.6) is 5.75 Å². The van der Waals surface area contributed by atoms with E-state index < -0.39 is 0 Å². The number of ether oxygens (including phenoxy) is 1. The maximum Gasteiger partial charge on any atom is 0.119 e. The van der Waals surface area contributed by atoms with Gasteiger partial charge in [-0.1, -0.05) is 20.8 Å². The van der Waals surface area contributed by atoms with E-state index in [9.17, 15) is 0 Å². The predicted molar refractivity (Wildman–Crippen MR) is 68.7 cm³/mol. The SMILES string of the molecule is CC(C)(C)CCOc1ccc(I)cc1. The quantitative estimate of drug-likeness (QED) is 0.764. The first-order chi connectivity index (χ1) is 6.47. The van der Waals surface area contributed by atoms with Crippen molar-refractivity contribution in [1.29, 1.82) is 0 Å². The van der Waals surface area contributed by atoms with Crippen molar-refractivity contribution in [3.05, 3.63) is 27.8 Å². The third kappa shape index (κ3) is 4.84. The van der Waals surface area contributed by atoms with Gasteiger partial charge in [-0.25, -0.2) is 0 Å². The third-order valence-corrected chi connectivity index (χ3v) is 2.65. The zero-order chi connectivity index (χ0) is 10.6. The highest BCUT2D eigenvalue weighted by Crippen LogP contribution is 2.19. The van der Waals surface area contributed by atoms with Gasteiger partial charge in [0.2, 0.25) is 0 Å². The highest BCUT2D eigenvalue weighted by Gasteiger charge is 2.09. The van der Waals surface area contributed by atoms with Crippen LogP contribution in [-0.4, -0.2) is 6.61 Å². The molecule has 0 saturated carbocycles. The van der Waals surface area contributed by atoms with Crippen molar-refractivity contribution >= 4 is 22.6 Å². The van der Waals surface area contributed by atoms with Crippen molar-refractivity contribution in [1.82, 2.24) is 0 Å². The Labute approximate surface area is 100.0 Å². The Kier molecular flexibility index (Phi) is 4.23. The molecule has 78 valence electrons. The number of rotatable bonds is 3. The van der Waals surface area contributed by atoms with Gasteiger partial charge in [-0.3, -0.25) is 0 Å². The van der Waals surface area contributed by atoms with Crippen molar-refractivity contribution < 1.29 is 4.74 Å². The molecule has 0 aliphatic heterocycles. The summed E-state index contributed by atoms with van der Waals surface area (Å²) in [4.78, 5) is 0. The summed E-state index contributed by atoms with van der Waals surface area (Å²) in [5.41, 5.74) is 0.350. The summed E-state index contributed by atoms with van der Waals surface area (Å²) in [6.45, 7) is 7.48. The second-order valence-electron chi connectivity index (χ2n) is 4.61. The minimum atomic E-state index is 0.350. The van der Waals surface area contributed by atoms with Crippen LogP contribution in [0.25, 0.3) is 0 Å². The first-order valence-corrected chi connectivity index (χ1v) is 5.94. The molecule has 0 aromatic heterocycles. The van der Waals surface area contributed by atoms with Gasteiger partial charge in [-0.15, -0.1) is 0 Å². The van der Waals surface area contributed by atoms with Crippen LogP contribution in [-0.2, 0) is 0 Å². The number of hydrogen-bond donors (Lipinski definition) is 0. The number of halogens is 1. The molecule has 0 saturated heterocycles. The molecule has 0 radical (unpaired) electrons. The van der Waals surface area contributed by atoms with Gasteiger partial charge in [-0.05, 0) is 58.7 Å². The minimum Gasteiger partial charge on any atom is -0.494 e. The summed E-state index contributed by atoms with van der Waals surface area (Å²) in [5, 5.41) is 0. The van der Waals surface area contributed by atoms with E-state index in [2.05, 4.69) is 55.5 Å². The largest absolute Gasteiger partial charge is 0.494 e. The van der Waals surface area contributed by atoms with Crippen molar-refractivity contribution in [2.75, 3.05) is 6.61 Å². The lowest BCUT2D eigenvalue weighted by Gasteiger charge is -2.18. The monoisotopic (exact) mass is 304 g/mol. The molecule has 0 heterocycles. The lowest BCUT2D eigenvalue weighted by atomic mass is 9.93. The molecule has 0 aliphatic carbocycles. The Morgan fingerprint density at radius 1 is 1.14 bits per heavy atom. The molecule has 1 rings (SSSR count). The van der Waals surface area contributed by atoms with Crippen LogP contribution in [0, 0.1) is 8.99 Å². The molecule has 0 bridgehead atoms. The van der Waals surface area contributed by atoms with Gasteiger partial charge in [0.05, 0.1) is 6.61 Å². The molecular formula is C12H17IO. The molecule has 0 unspecified atom stereocenters. The van der Waals surface area contributed by atoms with Crippen LogP contribution in [0.15, 0.2) is 24.3 Å². The summed E-state index contributed by atoms with van der Waals surface area (Å²) in [7, 11) is 0. The first-order valence-electron chi connectivity index (χ1n) is 4.86. The summed E-state index contributed by atoms with van der Waals surface area (Å²) in [6.07, 6.45) is 1.08. The van der Waals surface area contributed by atoms with Crippen LogP contribution < -0.4 is 4.74 Å². The smallest absolute Gasteiger partial charge is 0.119 e. The Morgan fingerprint density at radius 3 is 2.21 bits per heavy atom. The first kappa shape index (κ1) is 11.8. The van der Waals surface area contributed by atoms with Gasteiger partial charge in [0, 0.05) is 3.57 Å². The van der Waals surface area contributed by atoms with Crippen LogP contribution in [0.4, 0.5) is 0 Å². The molecule has 1 aromatic carbocycles. The molecule has 0 fully saturated rings. The molecular weight excluding hydrogens is 287 g/mol. The van der Waals surface area contributed by atoms with E-state index in [1.807, 2.05) is 12.1 Å². The maximum absolute atomic E-state index is 5.63. The van der Waals surface area contributed by atoms with Crippen LogP contribution >= 0.6 is 22.6 Å². The van der Waals surface area contributed by atoms with E-state index in [-0.39, 0.29) is 0 Å². The molecule has 0 amide bonds. The highest BCUT2D eigenvalue weighted by atomic mass is 127. The standard InChI is InChI=1S/C12H17IO/c1-12(2,3)8-9-14-11-6-4-10(13)5-7-11/h4-7H,8-9H2,1-3H3. The van der Waals surface area contributed by atoms with Gasteiger partial charge in [0.25, 0.3) is 0 Å². The molecule has 0 aliphatic rings. The molecule has 0 N–H and O–H groups in total. The van der Waals surface area contributed by atoms with Crippen LogP contribution in [0.2, 0.25) is 0 Å². The fourth-order valence-corrected chi connectivity index (χ4v) is 1.37. The Hall–Kier alpha value is -0.250. The highest BCUT2D eigenvalue weighted by molar-refractivity contribution is 14.1. The number of hydrogen-bond acceptors (Lipinski definition) is 1. The van der Waals surface area contributed by atoms with E-state index in [0.29, 0.717) is 5.41 Å². The zero-order valence-corrected chi connectivity index (χ0v) is 11.2. The molecule has 14 heavy (non-hydrogen) atoms. The second kappa shape index (κ2) is 5.01. The van der Waals surface area contributed by atoms with Crippen LogP contribution in [0.1, 0.15) is 27.2 Å². The zero-order valence-electron chi connectivity index (χ0n) is 9.01. The average Bonchev–Trinajstić information content (AvgIpc) is 2.06. The lowest BCUT2D eigenvalue weighted by Crippen LogP contribution is -2.10. The minimum absolute atomic E-state index is 0.350. The van der Waals surface area contributed by atoms with E-state index >= 15 is 0 Å². The van der Waals surface area contributed by atoms with Crippen molar-refractivity contribution in [2.45, 2.75) is 27.2 Å². The fraction of sp³-hybridized carbons (Fsp3) is 0.500. The maximum atomic E-state index is 5.63. The summed E-state index contributed by atoms with van der Waals surface area (Å²) < 4.78 is 6.88. The summed E-state index contributed by atoms with van der Waals surface area (Å²) in [6, 6.07) is 8.16. The Bertz CT molecular complexity index is 271. The third-order valence-electron chi connectivity index (χ3n) is 1.93. The molecule has 2 heteroatoms. The Balaban J connectivity index is 2.35. The molecule has 0 atom stereocenters. The normalized spacial score (nSPS) is 11.4. The van der Waals surface area contributed by atoms with Gasteiger partial charge in [0.1, 0.15) is 5.75 Å². The van der Waals surface area contributed by atoms with Gasteiger partial charge in [0.15, 0.2) is 0 Å². The lowest BCUT2D eigenvalue weighted by molar-refractivity contribution is 0.243. The second-order valence-corrected chi connectivity index (χ2v) is 5.86.